The predicted octanol–water partition coefficient (Wildman–Crippen LogP) is 2.95. The summed E-state index contributed by atoms with van der Waals surface area (Å²) in [7, 11) is -3.50. The molecule has 0 aliphatic rings. The molecule has 2 heterocycles. The highest BCUT2D eigenvalue weighted by molar-refractivity contribution is 7.89. The molecule has 0 aliphatic carbocycles. The van der Waals surface area contributed by atoms with Crippen molar-refractivity contribution in [1.82, 2.24) is 19.1 Å². The van der Waals surface area contributed by atoms with Gasteiger partial charge in [0.1, 0.15) is 27.9 Å². The SMILES string of the molecule is CN(C(=O)c1cccnc1)S(=O)(=O)c1cc(-c2ccnn2-c2ccccc2F)c(O)cc1O. The summed E-state index contributed by atoms with van der Waals surface area (Å²) in [6.45, 7) is 0. The molecule has 2 aromatic heterocycles. The fourth-order valence-electron chi connectivity index (χ4n) is 3.22. The number of pyridine rings is 1. The molecule has 0 unspecified atom stereocenters. The number of phenols is 2. The third kappa shape index (κ3) is 3.89. The van der Waals surface area contributed by atoms with Gasteiger partial charge >= 0.3 is 0 Å². The number of rotatable bonds is 5. The molecule has 0 fully saturated rings. The topological polar surface area (TPSA) is 126 Å². The van der Waals surface area contributed by atoms with Crippen molar-refractivity contribution in [2.45, 2.75) is 4.90 Å². The van der Waals surface area contributed by atoms with Crippen molar-refractivity contribution in [2.24, 2.45) is 0 Å². The van der Waals surface area contributed by atoms with Crippen LogP contribution >= 0.6 is 0 Å². The zero-order chi connectivity index (χ0) is 23.8. The minimum Gasteiger partial charge on any atom is -0.507 e. The van der Waals surface area contributed by atoms with E-state index in [1.54, 1.807) is 6.07 Å². The quantitative estimate of drug-likeness (QED) is 0.461. The van der Waals surface area contributed by atoms with E-state index in [0.717, 1.165) is 19.2 Å². The largest absolute Gasteiger partial charge is 0.507 e. The summed E-state index contributed by atoms with van der Waals surface area (Å²) >= 11 is 0. The van der Waals surface area contributed by atoms with Crippen LogP contribution in [-0.2, 0) is 10.0 Å². The average molecular weight is 468 g/mol. The molecule has 0 spiro atoms. The first-order valence-electron chi connectivity index (χ1n) is 9.50. The van der Waals surface area contributed by atoms with Gasteiger partial charge in [0, 0.05) is 31.1 Å². The number of aromatic nitrogens is 3. The first-order chi connectivity index (χ1) is 15.7. The smallest absolute Gasteiger partial charge is 0.270 e. The van der Waals surface area contributed by atoms with E-state index in [1.807, 2.05) is 0 Å². The first-order valence-corrected chi connectivity index (χ1v) is 10.9. The number of sulfonamides is 1. The summed E-state index contributed by atoms with van der Waals surface area (Å²) in [6.07, 6.45) is 3.99. The summed E-state index contributed by atoms with van der Waals surface area (Å²) in [5, 5.41) is 24.8. The van der Waals surface area contributed by atoms with Gasteiger partial charge in [0.15, 0.2) is 0 Å². The van der Waals surface area contributed by atoms with Gasteiger partial charge in [-0.3, -0.25) is 9.78 Å². The van der Waals surface area contributed by atoms with Gasteiger partial charge in [-0.15, -0.1) is 0 Å². The van der Waals surface area contributed by atoms with Gasteiger partial charge in [0.25, 0.3) is 15.9 Å². The normalized spacial score (nSPS) is 11.3. The Morgan fingerprint density at radius 2 is 1.79 bits per heavy atom. The van der Waals surface area contributed by atoms with Crippen LogP contribution in [0.2, 0.25) is 0 Å². The summed E-state index contributed by atoms with van der Waals surface area (Å²) < 4.78 is 42.3. The second-order valence-electron chi connectivity index (χ2n) is 6.94. The molecule has 33 heavy (non-hydrogen) atoms. The summed E-state index contributed by atoms with van der Waals surface area (Å²) in [4.78, 5) is 15.8. The van der Waals surface area contributed by atoms with Crippen LogP contribution in [0.1, 0.15) is 10.4 Å². The van der Waals surface area contributed by atoms with E-state index in [4.69, 9.17) is 0 Å². The van der Waals surface area contributed by atoms with Gasteiger partial charge in [-0.1, -0.05) is 12.1 Å². The highest BCUT2D eigenvalue weighted by atomic mass is 32.2. The Morgan fingerprint density at radius 3 is 2.48 bits per heavy atom. The van der Waals surface area contributed by atoms with Crippen molar-refractivity contribution < 1.29 is 27.8 Å². The monoisotopic (exact) mass is 468 g/mol. The fourth-order valence-corrected chi connectivity index (χ4v) is 4.43. The number of amides is 1. The number of carbonyl (C=O) groups excluding carboxylic acids is 1. The Bertz CT molecular complexity index is 1450. The molecule has 0 atom stereocenters. The molecule has 0 saturated heterocycles. The molecular weight excluding hydrogens is 451 g/mol. The van der Waals surface area contributed by atoms with Gasteiger partial charge in [-0.25, -0.2) is 21.8 Å². The van der Waals surface area contributed by atoms with Crippen molar-refractivity contribution in [2.75, 3.05) is 7.05 Å². The lowest BCUT2D eigenvalue weighted by Crippen LogP contribution is -2.33. The number of carbonyl (C=O) groups is 1. The highest BCUT2D eigenvalue weighted by Gasteiger charge is 2.31. The molecule has 0 radical (unpaired) electrons. The lowest BCUT2D eigenvalue weighted by Gasteiger charge is -2.19. The van der Waals surface area contributed by atoms with Crippen LogP contribution in [0, 0.1) is 5.82 Å². The molecule has 1 amide bonds. The lowest BCUT2D eigenvalue weighted by molar-refractivity contribution is 0.0882. The van der Waals surface area contributed by atoms with Crippen molar-refractivity contribution in [3.8, 4) is 28.4 Å². The molecule has 2 aromatic carbocycles. The van der Waals surface area contributed by atoms with Gasteiger partial charge < -0.3 is 10.2 Å². The summed E-state index contributed by atoms with van der Waals surface area (Å²) in [5.41, 5.74) is 0.211. The van der Waals surface area contributed by atoms with Crippen molar-refractivity contribution in [3.63, 3.8) is 0 Å². The van der Waals surface area contributed by atoms with Crippen LogP contribution in [0.4, 0.5) is 4.39 Å². The second kappa shape index (κ2) is 8.36. The molecule has 0 aliphatic heterocycles. The Morgan fingerprint density at radius 1 is 1.03 bits per heavy atom. The number of hydrogen-bond donors (Lipinski definition) is 2. The number of nitrogens with zero attached hydrogens (tertiary/aromatic N) is 4. The van der Waals surface area contributed by atoms with E-state index in [2.05, 4.69) is 10.1 Å². The van der Waals surface area contributed by atoms with Crippen LogP contribution in [0.3, 0.4) is 0 Å². The summed E-state index contributed by atoms with van der Waals surface area (Å²) in [6, 6.07) is 11.9. The maximum absolute atomic E-state index is 14.3. The standard InChI is InChI=1S/C22H17FN4O5S/c1-26(22(30)14-5-4-9-24-13-14)33(31,32)21-11-15(19(28)12-20(21)29)17-8-10-25-27(17)18-7-3-2-6-16(18)23/h2-13,28-29H,1H3. The Balaban J connectivity index is 1.82. The number of benzene rings is 2. The number of para-hydroxylation sites is 1. The van der Waals surface area contributed by atoms with Crippen LogP contribution in [0.15, 0.2) is 78.1 Å². The number of hydrogen-bond acceptors (Lipinski definition) is 7. The predicted molar refractivity (Wildman–Crippen MR) is 116 cm³/mol. The van der Waals surface area contributed by atoms with Crippen LogP contribution in [-0.4, -0.2) is 50.7 Å². The van der Waals surface area contributed by atoms with E-state index in [1.165, 1.54) is 59.7 Å². The molecule has 4 rings (SSSR count). The highest BCUT2D eigenvalue weighted by Crippen LogP contribution is 2.38. The molecule has 9 nitrogen and oxygen atoms in total. The molecule has 168 valence electrons. The van der Waals surface area contributed by atoms with Crippen molar-refractivity contribution in [3.05, 3.63) is 84.6 Å². The number of halogens is 1. The van der Waals surface area contributed by atoms with E-state index in [-0.39, 0.29) is 22.5 Å². The zero-order valence-electron chi connectivity index (χ0n) is 17.1. The van der Waals surface area contributed by atoms with Gasteiger partial charge in [-0.05, 0) is 36.4 Å². The van der Waals surface area contributed by atoms with Crippen molar-refractivity contribution >= 4 is 15.9 Å². The second-order valence-corrected chi connectivity index (χ2v) is 8.87. The van der Waals surface area contributed by atoms with Crippen LogP contribution < -0.4 is 0 Å². The first kappa shape index (κ1) is 22.0. The summed E-state index contributed by atoms with van der Waals surface area (Å²) in [5.74, 6) is -2.69. The third-order valence-corrected chi connectivity index (χ3v) is 6.68. The Hall–Kier alpha value is -4.25. The van der Waals surface area contributed by atoms with Gasteiger partial charge in [-0.2, -0.15) is 5.10 Å². The van der Waals surface area contributed by atoms with E-state index in [0.29, 0.717) is 4.31 Å². The molecule has 4 aromatic rings. The maximum atomic E-state index is 14.3. The molecule has 0 saturated carbocycles. The minimum atomic E-state index is -4.54. The molecular formula is C22H17FN4O5S. The Labute approximate surface area is 188 Å². The Kier molecular flexibility index (Phi) is 5.56. The molecule has 2 N–H and O–H groups in total. The zero-order valence-corrected chi connectivity index (χ0v) is 17.9. The fraction of sp³-hybridized carbons (Fsp3) is 0.0455. The maximum Gasteiger partial charge on any atom is 0.270 e. The van der Waals surface area contributed by atoms with Crippen molar-refractivity contribution in [1.29, 1.82) is 0 Å². The van der Waals surface area contributed by atoms with E-state index < -0.39 is 38.1 Å². The van der Waals surface area contributed by atoms with Gasteiger partial charge in [0.2, 0.25) is 0 Å². The number of phenolic OH excluding ortho intramolecular Hbond substituents is 2. The lowest BCUT2D eigenvalue weighted by atomic mass is 10.1. The van der Waals surface area contributed by atoms with Crippen LogP contribution in [0.25, 0.3) is 16.9 Å². The molecule has 0 bridgehead atoms. The van der Waals surface area contributed by atoms with Crippen LogP contribution in [0.5, 0.6) is 11.5 Å². The van der Waals surface area contributed by atoms with E-state index >= 15 is 0 Å². The average Bonchev–Trinajstić information content (AvgIpc) is 3.28. The number of aromatic hydroxyl groups is 2. The minimum absolute atomic E-state index is 0.0275. The van der Waals surface area contributed by atoms with Gasteiger partial charge in [0.05, 0.1) is 17.5 Å². The third-order valence-electron chi connectivity index (χ3n) is 4.91. The molecule has 11 heteroatoms. The van der Waals surface area contributed by atoms with E-state index in [9.17, 15) is 27.8 Å².